The molecule has 9 heteroatoms. The molecule has 0 saturated carbocycles. The molecule has 0 aliphatic carbocycles. The second-order valence-electron chi connectivity index (χ2n) is 3.36. The molecule has 0 aliphatic rings. The van der Waals surface area contributed by atoms with Crippen molar-refractivity contribution < 1.29 is 4.92 Å². The van der Waals surface area contributed by atoms with Gasteiger partial charge in [-0.2, -0.15) is 4.99 Å². The Morgan fingerprint density at radius 1 is 1.39 bits per heavy atom. The van der Waals surface area contributed by atoms with Crippen LogP contribution >= 0.6 is 15.9 Å². The minimum Gasteiger partial charge on any atom is -0.370 e. The molecule has 0 aromatic heterocycles. The number of benzene rings is 1. The molecular weight excluding hydrogens is 304 g/mol. The predicted molar refractivity (Wildman–Crippen MR) is 72.6 cm³/mol. The summed E-state index contributed by atoms with van der Waals surface area (Å²) in [5.41, 5.74) is 16.8. The third-order valence-corrected chi connectivity index (χ3v) is 2.52. The monoisotopic (exact) mass is 314 g/mol. The van der Waals surface area contributed by atoms with Gasteiger partial charge in [0.15, 0.2) is 5.96 Å². The second-order valence-corrected chi connectivity index (χ2v) is 4.21. The number of halogens is 1. The van der Waals surface area contributed by atoms with Gasteiger partial charge in [0.1, 0.15) is 0 Å². The molecule has 0 aliphatic heterocycles. The third-order valence-electron chi connectivity index (χ3n) is 1.92. The number of aliphatic imine (C=N–C) groups is 2. The summed E-state index contributed by atoms with van der Waals surface area (Å²) < 4.78 is 0.433. The minimum absolute atomic E-state index is 0.0428. The smallest absolute Gasteiger partial charge is 0.270 e. The summed E-state index contributed by atoms with van der Waals surface area (Å²) in [6, 6.07) is 2.71. The summed E-state index contributed by atoms with van der Waals surface area (Å²) in [4.78, 5) is 17.7. The fraction of sp³-hybridized carbons (Fsp3) is 0.111. The number of hydrogen-bond donors (Lipinski definition) is 3. The zero-order valence-electron chi connectivity index (χ0n) is 9.42. The zero-order chi connectivity index (χ0) is 13.9. The van der Waals surface area contributed by atoms with Crippen LogP contribution in [0.1, 0.15) is 5.56 Å². The Bertz CT molecular complexity index is 527. The third kappa shape index (κ3) is 3.42. The summed E-state index contributed by atoms with van der Waals surface area (Å²) in [6.45, 7) is 1.67. The van der Waals surface area contributed by atoms with Gasteiger partial charge in [0.2, 0.25) is 5.96 Å². The van der Waals surface area contributed by atoms with Crippen molar-refractivity contribution >= 4 is 39.2 Å². The lowest BCUT2D eigenvalue weighted by Gasteiger charge is -2.04. The summed E-state index contributed by atoms with van der Waals surface area (Å²) in [7, 11) is 0. The molecule has 96 valence electrons. The molecule has 0 atom stereocenters. The van der Waals surface area contributed by atoms with Crippen molar-refractivity contribution in [2.45, 2.75) is 6.92 Å². The fourth-order valence-corrected chi connectivity index (χ4v) is 1.87. The SMILES string of the molecule is Cc1cc([N+](=O)[O-])cc(Br)c1N=C(N)N=C(N)N. The van der Waals surface area contributed by atoms with E-state index in [2.05, 4.69) is 25.9 Å². The molecule has 1 aromatic carbocycles. The number of nitrogens with zero attached hydrogens (tertiary/aromatic N) is 3. The lowest BCUT2D eigenvalue weighted by Crippen LogP contribution is -2.26. The van der Waals surface area contributed by atoms with Crippen molar-refractivity contribution in [1.29, 1.82) is 0 Å². The van der Waals surface area contributed by atoms with Gasteiger partial charge >= 0.3 is 0 Å². The molecule has 0 fully saturated rings. The molecule has 0 heterocycles. The highest BCUT2D eigenvalue weighted by molar-refractivity contribution is 9.10. The normalized spacial score (nSPS) is 11.1. The van der Waals surface area contributed by atoms with E-state index in [9.17, 15) is 10.1 Å². The van der Waals surface area contributed by atoms with Gasteiger partial charge in [0.05, 0.1) is 15.1 Å². The number of hydrogen-bond acceptors (Lipinski definition) is 3. The molecule has 18 heavy (non-hydrogen) atoms. The van der Waals surface area contributed by atoms with Crippen LogP contribution < -0.4 is 17.2 Å². The molecule has 0 bridgehead atoms. The predicted octanol–water partition coefficient (Wildman–Crippen LogP) is 0.885. The number of nitrogens with two attached hydrogens (primary N) is 3. The fourth-order valence-electron chi connectivity index (χ4n) is 1.24. The molecule has 0 saturated heterocycles. The zero-order valence-corrected chi connectivity index (χ0v) is 11.0. The lowest BCUT2D eigenvalue weighted by atomic mass is 10.2. The van der Waals surface area contributed by atoms with Gasteiger partial charge in [-0.1, -0.05) is 0 Å². The Labute approximate surface area is 111 Å². The second kappa shape index (κ2) is 5.45. The number of nitro benzene ring substituents is 1. The first kappa shape index (κ1) is 13.9. The van der Waals surface area contributed by atoms with Crippen molar-refractivity contribution in [3.63, 3.8) is 0 Å². The molecule has 0 radical (unpaired) electrons. The summed E-state index contributed by atoms with van der Waals surface area (Å²) in [5, 5.41) is 10.7. The van der Waals surface area contributed by atoms with Gasteiger partial charge in [-0.3, -0.25) is 10.1 Å². The van der Waals surface area contributed by atoms with E-state index < -0.39 is 4.92 Å². The van der Waals surface area contributed by atoms with Crippen molar-refractivity contribution in [2.75, 3.05) is 0 Å². The van der Waals surface area contributed by atoms with Crippen LogP contribution in [-0.2, 0) is 0 Å². The number of guanidine groups is 2. The van der Waals surface area contributed by atoms with Crippen LogP contribution in [0.3, 0.4) is 0 Å². The van der Waals surface area contributed by atoms with Gasteiger partial charge in [0.25, 0.3) is 5.69 Å². The largest absolute Gasteiger partial charge is 0.370 e. The van der Waals surface area contributed by atoms with Gasteiger partial charge in [0, 0.05) is 12.1 Å². The van der Waals surface area contributed by atoms with Crippen LogP contribution in [0.2, 0.25) is 0 Å². The maximum absolute atomic E-state index is 10.7. The van der Waals surface area contributed by atoms with Gasteiger partial charge in [-0.05, 0) is 28.4 Å². The first-order chi connectivity index (χ1) is 8.31. The Balaban J connectivity index is 3.27. The van der Waals surface area contributed by atoms with Crippen LogP contribution in [0, 0.1) is 17.0 Å². The minimum atomic E-state index is -0.495. The van der Waals surface area contributed by atoms with E-state index in [0.717, 1.165) is 0 Å². The van der Waals surface area contributed by atoms with E-state index in [0.29, 0.717) is 15.7 Å². The molecule has 1 rings (SSSR count). The molecule has 0 amide bonds. The average Bonchev–Trinajstić information content (AvgIpc) is 2.21. The highest BCUT2D eigenvalue weighted by atomic mass is 79.9. The van der Waals surface area contributed by atoms with E-state index in [1.54, 1.807) is 6.92 Å². The van der Waals surface area contributed by atoms with Crippen molar-refractivity contribution in [3.05, 3.63) is 32.3 Å². The summed E-state index contributed by atoms with van der Waals surface area (Å²) in [5.74, 6) is -0.348. The molecule has 1 aromatic rings. The summed E-state index contributed by atoms with van der Waals surface area (Å²) in [6.07, 6.45) is 0. The maximum Gasteiger partial charge on any atom is 0.270 e. The number of aryl methyl sites for hydroxylation is 1. The van der Waals surface area contributed by atoms with Crippen LogP contribution in [0.5, 0.6) is 0 Å². The molecular formula is C9H11BrN6O2. The van der Waals surface area contributed by atoms with Crippen molar-refractivity contribution in [1.82, 2.24) is 0 Å². The Kier molecular flexibility index (Phi) is 4.21. The number of nitro groups is 1. The van der Waals surface area contributed by atoms with E-state index in [1.165, 1.54) is 12.1 Å². The molecule has 8 nitrogen and oxygen atoms in total. The average molecular weight is 315 g/mol. The van der Waals surface area contributed by atoms with Crippen LogP contribution in [0.25, 0.3) is 0 Å². The van der Waals surface area contributed by atoms with Crippen molar-refractivity contribution in [2.24, 2.45) is 27.2 Å². The van der Waals surface area contributed by atoms with Crippen LogP contribution in [-0.4, -0.2) is 16.8 Å². The van der Waals surface area contributed by atoms with Crippen LogP contribution in [0.4, 0.5) is 11.4 Å². The highest BCUT2D eigenvalue weighted by Gasteiger charge is 2.12. The molecule has 0 spiro atoms. The standard InChI is InChI=1S/C9H11BrN6O2/c1-4-2-5(16(17)18)3-6(10)7(4)14-9(13)15-8(11)12/h2-3H,1H3,(H6,11,12,13,14,15). The first-order valence-electron chi connectivity index (χ1n) is 4.69. The lowest BCUT2D eigenvalue weighted by molar-refractivity contribution is -0.385. The Hall–Kier alpha value is -2.16. The van der Waals surface area contributed by atoms with Crippen LogP contribution in [0.15, 0.2) is 26.6 Å². The van der Waals surface area contributed by atoms with E-state index in [1.807, 2.05) is 0 Å². The highest BCUT2D eigenvalue weighted by Crippen LogP contribution is 2.33. The molecule has 6 N–H and O–H groups in total. The topological polar surface area (TPSA) is 146 Å². The summed E-state index contributed by atoms with van der Waals surface area (Å²) >= 11 is 3.18. The Morgan fingerprint density at radius 3 is 2.44 bits per heavy atom. The maximum atomic E-state index is 10.7. The quantitative estimate of drug-likeness (QED) is 0.321. The van der Waals surface area contributed by atoms with Gasteiger partial charge in [-0.15, -0.1) is 0 Å². The van der Waals surface area contributed by atoms with E-state index in [-0.39, 0.29) is 17.6 Å². The first-order valence-corrected chi connectivity index (χ1v) is 5.49. The Morgan fingerprint density at radius 2 is 2.00 bits per heavy atom. The van der Waals surface area contributed by atoms with E-state index >= 15 is 0 Å². The van der Waals surface area contributed by atoms with E-state index in [4.69, 9.17) is 17.2 Å². The van der Waals surface area contributed by atoms with Crippen molar-refractivity contribution in [3.8, 4) is 0 Å². The number of rotatable bonds is 2. The molecule has 0 unspecified atom stereocenters. The number of non-ortho nitro benzene ring substituents is 1. The van der Waals surface area contributed by atoms with Gasteiger partial charge < -0.3 is 17.2 Å². The van der Waals surface area contributed by atoms with Gasteiger partial charge in [-0.25, -0.2) is 4.99 Å².